The monoisotopic (exact) mass is 622 g/mol. The van der Waals surface area contributed by atoms with Crippen LogP contribution in [0.2, 0.25) is 0 Å². The first-order valence-corrected chi connectivity index (χ1v) is 16.4. The van der Waals surface area contributed by atoms with E-state index >= 15 is 0 Å². The predicted molar refractivity (Wildman–Crippen MR) is 175 cm³/mol. The molecule has 242 valence electrons. The van der Waals surface area contributed by atoms with Crippen LogP contribution in [-0.2, 0) is 13.0 Å². The van der Waals surface area contributed by atoms with Crippen molar-refractivity contribution in [2.75, 3.05) is 32.7 Å². The van der Waals surface area contributed by atoms with Crippen molar-refractivity contribution in [1.29, 1.82) is 0 Å². The second-order valence-electron chi connectivity index (χ2n) is 13.3. The third kappa shape index (κ3) is 8.39. The zero-order chi connectivity index (χ0) is 32.2. The minimum absolute atomic E-state index is 0.0156. The number of aromatic nitrogens is 2. The molecule has 2 aromatic heterocycles. The number of halogens is 4. The largest absolute Gasteiger partial charge is 0.303 e. The van der Waals surface area contributed by atoms with Crippen LogP contribution in [0.4, 0.5) is 17.6 Å². The van der Waals surface area contributed by atoms with Crippen LogP contribution in [0.3, 0.4) is 0 Å². The van der Waals surface area contributed by atoms with Crippen LogP contribution < -0.4 is 0 Å². The van der Waals surface area contributed by atoms with Crippen LogP contribution >= 0.6 is 0 Å². The van der Waals surface area contributed by atoms with E-state index in [1.54, 1.807) is 0 Å². The molecule has 0 unspecified atom stereocenters. The van der Waals surface area contributed by atoms with Gasteiger partial charge in [-0.3, -0.25) is 14.9 Å². The first-order chi connectivity index (χ1) is 21.4. The molecule has 2 aliphatic rings. The maximum Gasteiger partial charge on any atom is 0.250 e. The summed E-state index contributed by atoms with van der Waals surface area (Å²) in [4.78, 5) is 13.5. The number of rotatable bonds is 7. The zero-order valence-corrected chi connectivity index (χ0v) is 27.0. The molecule has 0 radical (unpaired) electrons. The molecule has 2 aliphatic heterocycles. The van der Waals surface area contributed by atoms with Gasteiger partial charge in [-0.25, -0.2) is 17.6 Å². The topological polar surface area (TPSA) is 32.3 Å². The molecule has 4 heterocycles. The van der Waals surface area contributed by atoms with Crippen molar-refractivity contribution in [3.63, 3.8) is 0 Å². The number of pyridine rings is 2. The van der Waals surface area contributed by atoms with Crippen molar-refractivity contribution in [3.05, 3.63) is 83.4 Å². The lowest BCUT2D eigenvalue weighted by Gasteiger charge is -2.31. The van der Waals surface area contributed by atoms with Crippen molar-refractivity contribution >= 4 is 21.5 Å². The number of likely N-dealkylation sites (tertiary alicyclic amines) is 2. The number of hydrogen-bond acceptors (Lipinski definition) is 4. The van der Waals surface area contributed by atoms with Gasteiger partial charge in [0.15, 0.2) is 0 Å². The van der Waals surface area contributed by atoms with Gasteiger partial charge in [-0.05, 0) is 40.2 Å². The van der Waals surface area contributed by atoms with Gasteiger partial charge in [0.2, 0.25) is 0 Å². The van der Waals surface area contributed by atoms with Crippen LogP contribution in [-0.4, -0.2) is 64.3 Å². The maximum atomic E-state index is 13.3. The highest BCUT2D eigenvalue weighted by Crippen LogP contribution is 2.32. The van der Waals surface area contributed by atoms with Crippen molar-refractivity contribution < 1.29 is 17.6 Å². The summed E-state index contributed by atoms with van der Waals surface area (Å²) in [5.41, 5.74) is 4.57. The van der Waals surface area contributed by atoms with Gasteiger partial charge in [-0.2, -0.15) is 0 Å². The minimum Gasteiger partial charge on any atom is -0.303 e. The van der Waals surface area contributed by atoms with Gasteiger partial charge in [0.25, 0.3) is 11.8 Å². The lowest BCUT2D eigenvalue weighted by atomic mass is 9.98. The molecule has 45 heavy (non-hydrogen) atoms. The molecule has 0 spiro atoms. The molecule has 4 aromatic rings. The predicted octanol–water partition coefficient (Wildman–Crippen LogP) is 9.22. The number of alkyl halides is 4. The van der Waals surface area contributed by atoms with E-state index in [1.807, 2.05) is 30.6 Å². The first-order valence-electron chi connectivity index (χ1n) is 16.4. The third-order valence-electron chi connectivity index (χ3n) is 9.18. The van der Waals surface area contributed by atoms with Crippen molar-refractivity contribution in [3.8, 4) is 0 Å². The maximum absolute atomic E-state index is 13.3. The van der Waals surface area contributed by atoms with Crippen LogP contribution in [0.15, 0.2) is 60.9 Å². The Kier molecular flexibility index (Phi) is 10.4. The van der Waals surface area contributed by atoms with Crippen molar-refractivity contribution in [2.45, 2.75) is 90.0 Å². The quantitative estimate of drug-likeness (QED) is 0.192. The molecular formula is C37H46F4N4. The molecule has 0 aliphatic carbocycles. The average molecular weight is 623 g/mol. The molecule has 0 atom stereocenters. The zero-order valence-electron chi connectivity index (χ0n) is 27.0. The number of hydrogen-bond donors (Lipinski definition) is 0. The fraction of sp³-hybridized carbons (Fsp3) is 0.514. The molecule has 0 N–H and O–H groups in total. The molecule has 4 nitrogen and oxygen atoms in total. The molecular weight excluding hydrogens is 576 g/mol. The number of fused-ring (bicyclic) bond motifs is 2. The number of nitrogens with zero attached hydrogens (tertiary/aromatic N) is 4. The fourth-order valence-electron chi connectivity index (χ4n) is 6.45. The molecule has 0 bridgehead atoms. The molecule has 2 fully saturated rings. The molecule has 0 amide bonds. The van der Waals surface area contributed by atoms with E-state index in [-0.39, 0.29) is 25.7 Å². The Balaban J connectivity index is 0.000000178. The summed E-state index contributed by atoms with van der Waals surface area (Å²) in [7, 11) is 0. The van der Waals surface area contributed by atoms with Crippen LogP contribution in [0.5, 0.6) is 0 Å². The summed E-state index contributed by atoms with van der Waals surface area (Å²) >= 11 is 0. The molecule has 8 heteroatoms. The summed E-state index contributed by atoms with van der Waals surface area (Å²) < 4.78 is 53.0. The minimum atomic E-state index is -2.49. The second kappa shape index (κ2) is 14.1. The molecule has 0 saturated carbocycles. The van der Waals surface area contributed by atoms with Gasteiger partial charge in [-0.15, -0.1) is 0 Å². The molecule has 2 aromatic carbocycles. The van der Waals surface area contributed by atoms with Gasteiger partial charge >= 0.3 is 0 Å². The standard InChI is InChI=1S/C19H24F2N2.C18H22F2N2/c1-14(2)18-17-6-4-3-5-16(17)15(13-22-18)7-10-23-11-8-19(20,21)9-12-23;1-13(2)17-16-6-4-3-5-15(16)14(11-21-17)12-22-9-7-18(19,20)8-10-22/h3-6,13-14H,7-12H2,1-2H3;3-6,11,13H,7-10,12H2,1-2H3. The van der Waals surface area contributed by atoms with Gasteiger partial charge in [0, 0.05) is 88.1 Å². The van der Waals surface area contributed by atoms with E-state index in [1.165, 1.54) is 27.1 Å². The molecule has 6 rings (SSSR count). The Bertz CT molecular complexity index is 1570. The summed E-state index contributed by atoms with van der Waals surface area (Å²) in [6.45, 7) is 12.0. The van der Waals surface area contributed by atoms with E-state index < -0.39 is 11.8 Å². The average Bonchev–Trinajstić information content (AvgIpc) is 3.01. The highest BCUT2D eigenvalue weighted by Gasteiger charge is 2.34. The van der Waals surface area contributed by atoms with E-state index in [0.29, 0.717) is 44.6 Å². The lowest BCUT2D eigenvalue weighted by Crippen LogP contribution is -2.40. The van der Waals surface area contributed by atoms with Crippen LogP contribution in [0.25, 0.3) is 21.5 Å². The van der Waals surface area contributed by atoms with Gasteiger partial charge < -0.3 is 4.90 Å². The van der Waals surface area contributed by atoms with E-state index in [0.717, 1.165) is 29.9 Å². The fourth-order valence-corrected chi connectivity index (χ4v) is 6.45. The Morgan fingerprint density at radius 3 is 1.47 bits per heavy atom. The second-order valence-corrected chi connectivity index (χ2v) is 13.3. The lowest BCUT2D eigenvalue weighted by molar-refractivity contribution is -0.0567. The van der Waals surface area contributed by atoms with Crippen molar-refractivity contribution in [1.82, 2.24) is 19.8 Å². The van der Waals surface area contributed by atoms with E-state index in [2.05, 4.69) is 77.8 Å². The van der Waals surface area contributed by atoms with Crippen LogP contribution in [0, 0.1) is 0 Å². The Labute approximate surface area is 264 Å². The third-order valence-corrected chi connectivity index (χ3v) is 9.18. The summed E-state index contributed by atoms with van der Waals surface area (Å²) in [5.74, 6) is -4.20. The normalized spacial score (nSPS) is 18.8. The summed E-state index contributed by atoms with van der Waals surface area (Å²) in [5, 5.41) is 4.83. The Morgan fingerprint density at radius 1 is 0.600 bits per heavy atom. The van der Waals surface area contributed by atoms with Crippen LogP contribution in [0.1, 0.15) is 87.7 Å². The van der Waals surface area contributed by atoms with Gasteiger partial charge in [0.05, 0.1) is 11.4 Å². The van der Waals surface area contributed by atoms with E-state index in [9.17, 15) is 17.6 Å². The molecule has 2 saturated heterocycles. The van der Waals surface area contributed by atoms with Crippen molar-refractivity contribution in [2.24, 2.45) is 0 Å². The van der Waals surface area contributed by atoms with E-state index in [4.69, 9.17) is 0 Å². The smallest absolute Gasteiger partial charge is 0.250 e. The SMILES string of the molecule is CC(C)c1ncc(CCN2CCC(F)(F)CC2)c2ccccc12.CC(C)c1ncc(CN2CCC(F)(F)CC2)c2ccccc12. The highest BCUT2D eigenvalue weighted by atomic mass is 19.3. The van der Waals surface area contributed by atoms with Gasteiger partial charge in [0.1, 0.15) is 0 Å². The Morgan fingerprint density at radius 2 is 1.00 bits per heavy atom. The first kappa shape index (κ1) is 33.3. The number of benzene rings is 2. The summed E-state index contributed by atoms with van der Waals surface area (Å²) in [6.07, 6.45) is 4.64. The number of piperidine rings is 2. The Hall–Kier alpha value is -3.10. The summed E-state index contributed by atoms with van der Waals surface area (Å²) in [6, 6.07) is 16.6. The van der Waals surface area contributed by atoms with Gasteiger partial charge in [-0.1, -0.05) is 76.2 Å². The highest BCUT2D eigenvalue weighted by molar-refractivity contribution is 5.88.